The summed E-state index contributed by atoms with van der Waals surface area (Å²) in [6, 6.07) is 12.4. The van der Waals surface area contributed by atoms with Gasteiger partial charge in [0.1, 0.15) is 12.3 Å². The first-order chi connectivity index (χ1) is 17.0. The molecule has 0 aliphatic rings. The number of halogens is 3. The molecule has 0 fully saturated rings. The summed E-state index contributed by atoms with van der Waals surface area (Å²) < 4.78 is 46.4. The molecule has 0 atom stereocenters. The minimum atomic E-state index is -4.60. The van der Waals surface area contributed by atoms with Crippen LogP contribution in [-0.2, 0) is 17.5 Å². The molecular formula is C25H21F3N4O4. The van der Waals surface area contributed by atoms with E-state index in [1.165, 1.54) is 17.7 Å². The number of carbonyl (C=O) groups is 1. The number of ether oxygens (including phenoxy) is 1. The third kappa shape index (κ3) is 4.59. The van der Waals surface area contributed by atoms with Crippen molar-refractivity contribution in [2.45, 2.75) is 26.6 Å². The second-order valence-electron chi connectivity index (χ2n) is 8.09. The maximum atomic E-state index is 13.6. The molecule has 0 unspecified atom stereocenters. The predicted molar refractivity (Wildman–Crippen MR) is 128 cm³/mol. The van der Waals surface area contributed by atoms with Crippen LogP contribution in [0.2, 0.25) is 0 Å². The molecule has 0 spiro atoms. The second kappa shape index (κ2) is 9.33. The number of methoxy groups -OCH3 is 1. The lowest BCUT2D eigenvalue weighted by Gasteiger charge is -2.17. The molecule has 0 aliphatic carbocycles. The van der Waals surface area contributed by atoms with E-state index in [-0.39, 0.29) is 16.7 Å². The molecule has 2 aromatic heterocycles. The van der Waals surface area contributed by atoms with Gasteiger partial charge < -0.3 is 10.1 Å². The number of aromatic nitrogens is 3. The maximum absolute atomic E-state index is 13.6. The van der Waals surface area contributed by atoms with E-state index in [1.54, 1.807) is 44.2 Å². The molecule has 0 saturated heterocycles. The van der Waals surface area contributed by atoms with E-state index < -0.39 is 35.4 Å². The zero-order chi connectivity index (χ0) is 26.2. The number of hydrogen-bond donors (Lipinski definition) is 1. The minimum Gasteiger partial charge on any atom is -0.495 e. The van der Waals surface area contributed by atoms with Gasteiger partial charge in [-0.25, -0.2) is 18.9 Å². The maximum Gasteiger partial charge on any atom is 0.416 e. The van der Waals surface area contributed by atoms with Crippen LogP contribution in [0.3, 0.4) is 0 Å². The Bertz CT molecular complexity index is 1610. The molecule has 0 bridgehead atoms. The zero-order valence-corrected chi connectivity index (χ0v) is 19.5. The molecule has 11 heteroatoms. The number of benzene rings is 2. The standard InChI is InChI=1S/C25H21F3N4O4/c1-14-11-15(2)29-22-21(14)23(34)31(24(35)32(22)18-9-4-5-10-19(18)36-3)13-20(33)30-17-8-6-7-16(12-17)25(26,27)28/h4-12H,13H2,1-3H3,(H,30,33). The van der Waals surface area contributed by atoms with E-state index in [0.717, 1.165) is 22.8 Å². The normalized spacial score (nSPS) is 11.5. The molecule has 36 heavy (non-hydrogen) atoms. The summed E-state index contributed by atoms with van der Waals surface area (Å²) in [7, 11) is 1.43. The number of fused-ring (bicyclic) bond motifs is 1. The number of amides is 1. The van der Waals surface area contributed by atoms with Gasteiger partial charge in [0.05, 0.1) is 23.7 Å². The van der Waals surface area contributed by atoms with Gasteiger partial charge in [-0.15, -0.1) is 0 Å². The number of aryl methyl sites for hydroxylation is 2. The zero-order valence-electron chi connectivity index (χ0n) is 19.5. The van der Waals surface area contributed by atoms with Gasteiger partial charge in [-0.05, 0) is 55.8 Å². The molecule has 2 aromatic carbocycles. The third-order valence-corrected chi connectivity index (χ3v) is 5.52. The number of nitrogens with one attached hydrogen (secondary N) is 1. The lowest BCUT2D eigenvalue weighted by Crippen LogP contribution is -2.42. The highest BCUT2D eigenvalue weighted by Gasteiger charge is 2.30. The first-order valence-corrected chi connectivity index (χ1v) is 10.8. The van der Waals surface area contributed by atoms with Crippen molar-refractivity contribution in [2.24, 2.45) is 0 Å². The SMILES string of the molecule is COc1ccccc1-n1c(=O)n(CC(=O)Nc2cccc(C(F)(F)F)c2)c(=O)c2c(C)cc(C)nc21. The fourth-order valence-electron chi connectivity index (χ4n) is 3.96. The monoisotopic (exact) mass is 498 g/mol. The largest absolute Gasteiger partial charge is 0.495 e. The first kappa shape index (κ1) is 24.7. The number of alkyl halides is 3. The van der Waals surface area contributed by atoms with E-state index in [1.807, 2.05) is 0 Å². The number of anilines is 1. The summed E-state index contributed by atoms with van der Waals surface area (Å²) >= 11 is 0. The summed E-state index contributed by atoms with van der Waals surface area (Å²) in [6.07, 6.45) is -4.60. The van der Waals surface area contributed by atoms with Crippen LogP contribution < -0.4 is 21.3 Å². The van der Waals surface area contributed by atoms with Gasteiger partial charge >= 0.3 is 11.9 Å². The average Bonchev–Trinajstić information content (AvgIpc) is 2.81. The molecule has 0 aliphatic heterocycles. The van der Waals surface area contributed by atoms with Crippen molar-refractivity contribution in [3.8, 4) is 11.4 Å². The molecular weight excluding hydrogens is 477 g/mol. The molecule has 4 rings (SSSR count). The van der Waals surface area contributed by atoms with E-state index in [4.69, 9.17) is 4.74 Å². The van der Waals surface area contributed by atoms with Crippen LogP contribution in [0.1, 0.15) is 16.8 Å². The number of rotatable bonds is 5. The van der Waals surface area contributed by atoms with Crippen LogP contribution in [0.25, 0.3) is 16.7 Å². The van der Waals surface area contributed by atoms with Crippen molar-refractivity contribution < 1.29 is 22.7 Å². The lowest BCUT2D eigenvalue weighted by atomic mass is 10.1. The van der Waals surface area contributed by atoms with Crippen LogP contribution in [0.4, 0.5) is 18.9 Å². The Kier molecular flexibility index (Phi) is 6.40. The van der Waals surface area contributed by atoms with Gasteiger partial charge in [0.2, 0.25) is 5.91 Å². The van der Waals surface area contributed by atoms with Gasteiger partial charge in [0.25, 0.3) is 5.56 Å². The van der Waals surface area contributed by atoms with Gasteiger partial charge in [-0.3, -0.25) is 9.59 Å². The Morgan fingerprint density at radius 3 is 2.47 bits per heavy atom. The highest BCUT2D eigenvalue weighted by atomic mass is 19.4. The molecule has 1 N–H and O–H groups in total. The van der Waals surface area contributed by atoms with Crippen LogP contribution in [-0.4, -0.2) is 27.1 Å². The number of para-hydroxylation sites is 2. The van der Waals surface area contributed by atoms with E-state index in [2.05, 4.69) is 10.3 Å². The molecule has 2 heterocycles. The number of hydrogen-bond acceptors (Lipinski definition) is 5. The molecule has 0 radical (unpaired) electrons. The van der Waals surface area contributed by atoms with Crippen molar-refractivity contribution in [1.29, 1.82) is 0 Å². The van der Waals surface area contributed by atoms with Crippen molar-refractivity contribution >= 4 is 22.6 Å². The Hall–Kier alpha value is -4.41. The molecule has 186 valence electrons. The summed E-state index contributed by atoms with van der Waals surface area (Å²) in [4.78, 5) is 44.1. The van der Waals surface area contributed by atoms with Gasteiger partial charge in [-0.1, -0.05) is 18.2 Å². The first-order valence-electron chi connectivity index (χ1n) is 10.8. The van der Waals surface area contributed by atoms with Gasteiger partial charge in [0, 0.05) is 11.4 Å². The van der Waals surface area contributed by atoms with Crippen LogP contribution in [0.5, 0.6) is 5.75 Å². The summed E-state index contributed by atoms with van der Waals surface area (Å²) in [5, 5.41) is 2.45. The van der Waals surface area contributed by atoms with Gasteiger partial charge in [-0.2, -0.15) is 13.2 Å². The number of carbonyl (C=O) groups excluding carboxylic acids is 1. The highest BCUT2D eigenvalue weighted by molar-refractivity contribution is 5.91. The smallest absolute Gasteiger partial charge is 0.416 e. The minimum absolute atomic E-state index is 0.0986. The molecule has 8 nitrogen and oxygen atoms in total. The summed E-state index contributed by atoms with van der Waals surface area (Å²) in [6.45, 7) is 2.67. The highest BCUT2D eigenvalue weighted by Crippen LogP contribution is 2.30. The quantitative estimate of drug-likeness (QED) is 0.451. The van der Waals surface area contributed by atoms with Crippen molar-refractivity contribution in [3.05, 3.63) is 92.3 Å². The van der Waals surface area contributed by atoms with E-state index in [0.29, 0.717) is 22.7 Å². The van der Waals surface area contributed by atoms with Gasteiger partial charge in [0.15, 0.2) is 5.65 Å². The average molecular weight is 498 g/mol. The summed E-state index contributed by atoms with van der Waals surface area (Å²) in [5.74, 6) is -0.516. The van der Waals surface area contributed by atoms with Crippen molar-refractivity contribution in [2.75, 3.05) is 12.4 Å². The topological polar surface area (TPSA) is 95.2 Å². The fourth-order valence-corrected chi connectivity index (χ4v) is 3.96. The van der Waals surface area contributed by atoms with Crippen molar-refractivity contribution in [1.82, 2.24) is 14.1 Å². The number of nitrogens with zero attached hydrogens (tertiary/aromatic N) is 3. The van der Waals surface area contributed by atoms with Crippen LogP contribution in [0, 0.1) is 13.8 Å². The second-order valence-corrected chi connectivity index (χ2v) is 8.09. The Morgan fingerprint density at radius 1 is 1.06 bits per heavy atom. The fraction of sp³-hybridized carbons (Fsp3) is 0.200. The Morgan fingerprint density at radius 2 is 1.78 bits per heavy atom. The summed E-state index contributed by atoms with van der Waals surface area (Å²) in [5.41, 5.74) is -1.15. The van der Waals surface area contributed by atoms with Crippen LogP contribution >= 0.6 is 0 Å². The Labute approximate surface area is 202 Å². The lowest BCUT2D eigenvalue weighted by molar-refractivity contribution is -0.137. The molecule has 4 aromatic rings. The van der Waals surface area contributed by atoms with Crippen LogP contribution in [0.15, 0.2) is 64.2 Å². The predicted octanol–water partition coefficient (Wildman–Crippen LogP) is 3.83. The molecule has 1 amide bonds. The third-order valence-electron chi connectivity index (χ3n) is 5.52. The number of pyridine rings is 1. The molecule has 0 saturated carbocycles. The Balaban J connectivity index is 1.86. The van der Waals surface area contributed by atoms with E-state index >= 15 is 0 Å². The van der Waals surface area contributed by atoms with Crippen molar-refractivity contribution in [3.63, 3.8) is 0 Å². The van der Waals surface area contributed by atoms with E-state index in [9.17, 15) is 27.6 Å².